The molecule has 2 aromatic heterocycles. The lowest BCUT2D eigenvalue weighted by molar-refractivity contribution is 0.0922. The van der Waals surface area contributed by atoms with Gasteiger partial charge in [-0.3, -0.25) is 4.79 Å². The van der Waals surface area contributed by atoms with E-state index >= 15 is 0 Å². The van der Waals surface area contributed by atoms with E-state index in [0.29, 0.717) is 24.7 Å². The fourth-order valence-corrected chi connectivity index (χ4v) is 3.60. The maximum absolute atomic E-state index is 12.1. The van der Waals surface area contributed by atoms with Gasteiger partial charge in [-0.15, -0.1) is 11.3 Å². The van der Waals surface area contributed by atoms with Crippen LogP contribution in [0.25, 0.3) is 0 Å². The van der Waals surface area contributed by atoms with Crippen molar-refractivity contribution in [3.8, 4) is 5.75 Å². The summed E-state index contributed by atoms with van der Waals surface area (Å²) >= 11 is 5.10. The monoisotopic (exact) mass is 405 g/mol. The standard InChI is InChI=1S/C18H16BrNO3S/c19-17-9-7-15(24-17)10-11-20-18(21)16-8-6-14(23-16)12-22-13-4-2-1-3-5-13/h1-9H,10-12H2,(H,20,21). The number of nitrogens with one attached hydrogen (secondary N) is 1. The predicted molar refractivity (Wildman–Crippen MR) is 97.5 cm³/mol. The highest BCUT2D eigenvalue weighted by atomic mass is 79.9. The van der Waals surface area contributed by atoms with Crippen LogP contribution in [0.3, 0.4) is 0 Å². The van der Waals surface area contributed by atoms with Crippen molar-refractivity contribution in [3.05, 3.63) is 74.8 Å². The molecule has 0 unspecified atom stereocenters. The second kappa shape index (κ2) is 8.17. The van der Waals surface area contributed by atoms with Gasteiger partial charge in [0.25, 0.3) is 5.91 Å². The third kappa shape index (κ3) is 4.72. The number of hydrogen-bond donors (Lipinski definition) is 1. The van der Waals surface area contributed by atoms with Crippen LogP contribution in [-0.4, -0.2) is 12.5 Å². The number of hydrogen-bond acceptors (Lipinski definition) is 4. The van der Waals surface area contributed by atoms with E-state index in [1.54, 1.807) is 23.5 Å². The molecule has 0 aliphatic heterocycles. The van der Waals surface area contributed by atoms with Gasteiger partial charge in [0, 0.05) is 11.4 Å². The van der Waals surface area contributed by atoms with Gasteiger partial charge in [-0.25, -0.2) is 0 Å². The van der Waals surface area contributed by atoms with Crippen LogP contribution in [-0.2, 0) is 13.0 Å². The van der Waals surface area contributed by atoms with E-state index in [0.717, 1.165) is 16.0 Å². The van der Waals surface area contributed by atoms with Gasteiger partial charge in [-0.2, -0.15) is 0 Å². The van der Waals surface area contributed by atoms with E-state index in [-0.39, 0.29) is 5.91 Å². The van der Waals surface area contributed by atoms with Crippen molar-refractivity contribution in [1.82, 2.24) is 5.32 Å². The fourth-order valence-electron chi connectivity index (χ4n) is 2.12. The average molecular weight is 406 g/mol. The van der Waals surface area contributed by atoms with E-state index < -0.39 is 0 Å². The molecule has 1 N–H and O–H groups in total. The highest BCUT2D eigenvalue weighted by Gasteiger charge is 2.11. The third-order valence-corrected chi connectivity index (χ3v) is 4.98. The number of furan rings is 1. The summed E-state index contributed by atoms with van der Waals surface area (Å²) in [6, 6.07) is 17.0. The minimum atomic E-state index is -0.211. The van der Waals surface area contributed by atoms with Crippen LogP contribution in [0.15, 0.2) is 62.8 Å². The summed E-state index contributed by atoms with van der Waals surface area (Å²) in [6.45, 7) is 0.864. The first-order valence-electron chi connectivity index (χ1n) is 7.50. The minimum Gasteiger partial charge on any atom is -0.486 e. The number of amides is 1. The Bertz CT molecular complexity index is 797. The van der Waals surface area contributed by atoms with Crippen molar-refractivity contribution in [2.45, 2.75) is 13.0 Å². The van der Waals surface area contributed by atoms with Crippen molar-refractivity contribution < 1.29 is 13.9 Å². The number of benzene rings is 1. The Balaban J connectivity index is 1.46. The Morgan fingerprint density at radius 3 is 2.71 bits per heavy atom. The third-order valence-electron chi connectivity index (χ3n) is 3.30. The Morgan fingerprint density at radius 1 is 1.12 bits per heavy atom. The lowest BCUT2D eigenvalue weighted by Crippen LogP contribution is -2.25. The van der Waals surface area contributed by atoms with Crippen molar-refractivity contribution in [2.24, 2.45) is 0 Å². The van der Waals surface area contributed by atoms with Gasteiger partial charge in [0.15, 0.2) is 5.76 Å². The number of carbonyl (C=O) groups is 1. The first-order valence-corrected chi connectivity index (χ1v) is 9.10. The maximum Gasteiger partial charge on any atom is 0.287 e. The molecule has 0 atom stereocenters. The molecular weight excluding hydrogens is 390 g/mol. The lowest BCUT2D eigenvalue weighted by atomic mass is 10.3. The van der Waals surface area contributed by atoms with Crippen molar-refractivity contribution >= 4 is 33.2 Å². The molecule has 0 bridgehead atoms. The van der Waals surface area contributed by atoms with E-state index in [2.05, 4.69) is 21.2 Å². The zero-order valence-electron chi connectivity index (χ0n) is 12.8. The van der Waals surface area contributed by atoms with Crippen LogP contribution in [0.1, 0.15) is 21.2 Å². The number of thiophene rings is 1. The van der Waals surface area contributed by atoms with Crippen LogP contribution in [0.5, 0.6) is 5.75 Å². The molecule has 4 nitrogen and oxygen atoms in total. The summed E-state index contributed by atoms with van der Waals surface area (Å²) in [4.78, 5) is 13.3. The van der Waals surface area contributed by atoms with E-state index in [4.69, 9.17) is 9.15 Å². The fraction of sp³-hybridized carbons (Fsp3) is 0.167. The molecule has 124 valence electrons. The molecule has 0 saturated carbocycles. The second-order valence-electron chi connectivity index (χ2n) is 5.08. The summed E-state index contributed by atoms with van der Waals surface area (Å²) in [5.74, 6) is 1.47. The molecule has 3 rings (SSSR count). The van der Waals surface area contributed by atoms with Crippen LogP contribution >= 0.6 is 27.3 Å². The van der Waals surface area contributed by atoms with Gasteiger partial charge < -0.3 is 14.5 Å². The van der Waals surface area contributed by atoms with Crippen molar-refractivity contribution in [3.63, 3.8) is 0 Å². The first kappa shape index (κ1) is 16.8. The number of halogens is 1. The van der Waals surface area contributed by atoms with Crippen LogP contribution in [0, 0.1) is 0 Å². The topological polar surface area (TPSA) is 51.5 Å². The summed E-state index contributed by atoms with van der Waals surface area (Å²) < 4.78 is 12.2. The van der Waals surface area contributed by atoms with Gasteiger partial charge in [-0.05, 0) is 58.7 Å². The van der Waals surface area contributed by atoms with E-state index in [9.17, 15) is 4.79 Å². The van der Waals surface area contributed by atoms with Gasteiger partial charge in [0.1, 0.15) is 18.1 Å². The summed E-state index contributed by atoms with van der Waals surface area (Å²) in [6.07, 6.45) is 0.798. The number of ether oxygens (including phenoxy) is 1. The molecule has 0 saturated heterocycles. The van der Waals surface area contributed by atoms with Gasteiger partial charge in [0.2, 0.25) is 0 Å². The molecule has 3 aromatic rings. The van der Waals surface area contributed by atoms with Crippen molar-refractivity contribution in [1.29, 1.82) is 0 Å². The maximum atomic E-state index is 12.1. The van der Waals surface area contributed by atoms with E-state index in [1.807, 2.05) is 42.5 Å². The summed E-state index contributed by atoms with van der Waals surface area (Å²) in [7, 11) is 0. The van der Waals surface area contributed by atoms with Crippen LogP contribution in [0.2, 0.25) is 0 Å². The number of para-hydroxylation sites is 1. The van der Waals surface area contributed by atoms with E-state index in [1.165, 1.54) is 4.88 Å². The molecule has 0 radical (unpaired) electrons. The molecule has 1 aromatic carbocycles. The zero-order valence-corrected chi connectivity index (χ0v) is 15.2. The molecule has 0 fully saturated rings. The Kier molecular flexibility index (Phi) is 5.72. The van der Waals surface area contributed by atoms with Gasteiger partial charge in [-0.1, -0.05) is 18.2 Å². The first-order chi connectivity index (χ1) is 11.7. The SMILES string of the molecule is O=C(NCCc1ccc(Br)s1)c1ccc(COc2ccccc2)o1. The molecule has 24 heavy (non-hydrogen) atoms. The van der Waals surface area contributed by atoms with Crippen LogP contribution < -0.4 is 10.1 Å². The average Bonchev–Trinajstić information content (AvgIpc) is 3.23. The number of carbonyl (C=O) groups excluding carboxylic acids is 1. The molecule has 1 amide bonds. The molecule has 0 spiro atoms. The second-order valence-corrected chi connectivity index (χ2v) is 7.63. The molecule has 6 heteroatoms. The van der Waals surface area contributed by atoms with Gasteiger partial charge in [0.05, 0.1) is 3.79 Å². The van der Waals surface area contributed by atoms with Gasteiger partial charge >= 0.3 is 0 Å². The molecule has 2 heterocycles. The Morgan fingerprint density at radius 2 is 1.96 bits per heavy atom. The van der Waals surface area contributed by atoms with Crippen molar-refractivity contribution in [2.75, 3.05) is 6.54 Å². The largest absolute Gasteiger partial charge is 0.486 e. The highest BCUT2D eigenvalue weighted by molar-refractivity contribution is 9.11. The molecule has 0 aliphatic rings. The molecular formula is C18H16BrNO3S. The lowest BCUT2D eigenvalue weighted by Gasteiger charge is -2.04. The summed E-state index contributed by atoms with van der Waals surface area (Å²) in [5.41, 5.74) is 0. The summed E-state index contributed by atoms with van der Waals surface area (Å²) in [5, 5.41) is 2.86. The zero-order chi connectivity index (χ0) is 16.8. The Labute approximate surface area is 152 Å². The van der Waals surface area contributed by atoms with Crippen LogP contribution in [0.4, 0.5) is 0 Å². The minimum absolute atomic E-state index is 0.211. The molecule has 0 aliphatic carbocycles. The number of rotatable bonds is 7. The normalized spacial score (nSPS) is 10.5. The quantitative estimate of drug-likeness (QED) is 0.621. The Hall–Kier alpha value is -2.05. The predicted octanol–water partition coefficient (Wildman–Crippen LogP) is 4.66. The highest BCUT2D eigenvalue weighted by Crippen LogP contribution is 2.22. The smallest absolute Gasteiger partial charge is 0.287 e.